The van der Waals surface area contributed by atoms with E-state index in [2.05, 4.69) is 14.9 Å². The van der Waals surface area contributed by atoms with Gasteiger partial charge in [-0.05, 0) is 31.0 Å². The third-order valence-electron chi connectivity index (χ3n) is 3.05. The quantitative estimate of drug-likeness (QED) is 0.840. The minimum atomic E-state index is 0.289. The fourth-order valence-electron chi connectivity index (χ4n) is 1.94. The van der Waals surface area contributed by atoms with Gasteiger partial charge in [-0.3, -0.25) is 0 Å². The summed E-state index contributed by atoms with van der Waals surface area (Å²) in [6, 6.07) is 6.04. The van der Waals surface area contributed by atoms with Crippen molar-refractivity contribution in [2.24, 2.45) is 5.73 Å². The van der Waals surface area contributed by atoms with Crippen molar-refractivity contribution in [1.82, 2.24) is 9.97 Å². The standard InChI is InChI=1S/C13H14N4OS/c14-12(19)11-5-6-15-13(16-11)17(9-3-4-9)8-10-2-1-7-18-10/h1-2,5-7,9H,3-4,8H2,(H2,14,19). The first-order chi connectivity index (χ1) is 9.24. The Morgan fingerprint density at radius 1 is 1.47 bits per heavy atom. The SMILES string of the molecule is NC(=S)c1ccnc(N(Cc2ccco2)C2CC2)n1. The molecule has 98 valence electrons. The maximum Gasteiger partial charge on any atom is 0.226 e. The van der Waals surface area contributed by atoms with Gasteiger partial charge in [0, 0.05) is 12.2 Å². The van der Waals surface area contributed by atoms with E-state index in [4.69, 9.17) is 22.4 Å². The van der Waals surface area contributed by atoms with Gasteiger partial charge in [0.1, 0.15) is 16.4 Å². The zero-order chi connectivity index (χ0) is 13.2. The molecule has 1 saturated carbocycles. The first kappa shape index (κ1) is 12.1. The topological polar surface area (TPSA) is 68.2 Å². The highest BCUT2D eigenvalue weighted by atomic mass is 32.1. The van der Waals surface area contributed by atoms with Gasteiger partial charge in [0.15, 0.2) is 0 Å². The molecular formula is C13H14N4OS. The van der Waals surface area contributed by atoms with E-state index in [9.17, 15) is 0 Å². The summed E-state index contributed by atoms with van der Waals surface area (Å²) < 4.78 is 5.39. The van der Waals surface area contributed by atoms with Crippen LogP contribution < -0.4 is 10.6 Å². The van der Waals surface area contributed by atoms with Crippen molar-refractivity contribution in [2.75, 3.05) is 4.90 Å². The predicted molar refractivity (Wildman–Crippen MR) is 75.8 cm³/mol. The third-order valence-corrected chi connectivity index (χ3v) is 3.26. The van der Waals surface area contributed by atoms with E-state index in [-0.39, 0.29) is 4.99 Å². The Kier molecular flexibility index (Phi) is 3.16. The molecule has 0 atom stereocenters. The van der Waals surface area contributed by atoms with Crippen LogP contribution in [0.4, 0.5) is 5.95 Å². The summed E-state index contributed by atoms with van der Waals surface area (Å²) in [5.41, 5.74) is 6.22. The van der Waals surface area contributed by atoms with E-state index in [1.807, 2.05) is 12.1 Å². The fraction of sp³-hybridized carbons (Fsp3) is 0.308. The van der Waals surface area contributed by atoms with Crippen LogP contribution in [0.15, 0.2) is 35.1 Å². The molecule has 2 N–H and O–H groups in total. The van der Waals surface area contributed by atoms with E-state index >= 15 is 0 Å². The summed E-state index contributed by atoms with van der Waals surface area (Å²) in [5, 5.41) is 0. The largest absolute Gasteiger partial charge is 0.467 e. The summed E-state index contributed by atoms with van der Waals surface area (Å²) in [6.45, 7) is 0.665. The van der Waals surface area contributed by atoms with Crippen LogP contribution in [0.1, 0.15) is 24.3 Å². The molecule has 19 heavy (non-hydrogen) atoms. The maximum absolute atomic E-state index is 5.61. The third kappa shape index (κ3) is 2.73. The zero-order valence-electron chi connectivity index (χ0n) is 10.3. The van der Waals surface area contributed by atoms with Crippen LogP contribution in [0.3, 0.4) is 0 Å². The molecule has 0 radical (unpaired) electrons. The first-order valence-electron chi connectivity index (χ1n) is 6.16. The number of aromatic nitrogens is 2. The molecule has 0 saturated heterocycles. The molecule has 0 unspecified atom stereocenters. The fourth-order valence-corrected chi connectivity index (χ4v) is 2.06. The van der Waals surface area contributed by atoms with E-state index in [1.54, 1.807) is 18.5 Å². The number of nitrogens with two attached hydrogens (primary N) is 1. The van der Waals surface area contributed by atoms with Crippen LogP contribution in [0.5, 0.6) is 0 Å². The number of nitrogens with zero attached hydrogens (tertiary/aromatic N) is 3. The lowest BCUT2D eigenvalue weighted by Crippen LogP contribution is -2.27. The summed E-state index contributed by atoms with van der Waals surface area (Å²) >= 11 is 4.96. The molecule has 6 heteroatoms. The van der Waals surface area contributed by atoms with E-state index < -0.39 is 0 Å². The van der Waals surface area contributed by atoms with Gasteiger partial charge in [-0.2, -0.15) is 0 Å². The molecule has 3 rings (SSSR count). The van der Waals surface area contributed by atoms with Crippen molar-refractivity contribution < 1.29 is 4.42 Å². The highest BCUT2D eigenvalue weighted by Gasteiger charge is 2.31. The Bertz CT molecular complexity index is 580. The van der Waals surface area contributed by atoms with Gasteiger partial charge in [-0.15, -0.1) is 0 Å². The highest BCUT2D eigenvalue weighted by molar-refractivity contribution is 7.80. The van der Waals surface area contributed by atoms with Crippen LogP contribution in [-0.4, -0.2) is 21.0 Å². The zero-order valence-corrected chi connectivity index (χ0v) is 11.1. The monoisotopic (exact) mass is 274 g/mol. The van der Waals surface area contributed by atoms with Crippen molar-refractivity contribution in [3.05, 3.63) is 42.1 Å². The van der Waals surface area contributed by atoms with Gasteiger partial charge in [0.05, 0.1) is 12.8 Å². The van der Waals surface area contributed by atoms with E-state index in [0.717, 1.165) is 18.6 Å². The van der Waals surface area contributed by atoms with Crippen molar-refractivity contribution >= 4 is 23.2 Å². The molecule has 1 fully saturated rings. The first-order valence-corrected chi connectivity index (χ1v) is 6.57. The van der Waals surface area contributed by atoms with Gasteiger partial charge in [-0.1, -0.05) is 12.2 Å². The van der Waals surface area contributed by atoms with Crippen molar-refractivity contribution in [3.8, 4) is 0 Å². The molecule has 0 aromatic carbocycles. The summed E-state index contributed by atoms with van der Waals surface area (Å²) in [5.74, 6) is 1.56. The van der Waals surface area contributed by atoms with Crippen LogP contribution in [0, 0.1) is 0 Å². The molecule has 0 aliphatic heterocycles. The van der Waals surface area contributed by atoms with E-state index in [0.29, 0.717) is 24.2 Å². The molecule has 2 aromatic rings. The highest BCUT2D eigenvalue weighted by Crippen LogP contribution is 2.31. The molecule has 2 heterocycles. The summed E-state index contributed by atoms with van der Waals surface area (Å²) in [4.78, 5) is 11.2. The second kappa shape index (κ2) is 4.97. The number of anilines is 1. The number of hydrogen-bond acceptors (Lipinski definition) is 5. The Hall–Kier alpha value is -1.95. The minimum absolute atomic E-state index is 0.289. The second-order valence-electron chi connectivity index (χ2n) is 4.54. The van der Waals surface area contributed by atoms with Crippen LogP contribution >= 0.6 is 12.2 Å². The summed E-state index contributed by atoms with van der Waals surface area (Å²) in [6.07, 6.45) is 5.67. The lowest BCUT2D eigenvalue weighted by Gasteiger charge is -2.21. The Morgan fingerprint density at radius 2 is 2.32 bits per heavy atom. The molecular weight excluding hydrogens is 260 g/mol. The van der Waals surface area contributed by atoms with Gasteiger partial charge >= 0.3 is 0 Å². The second-order valence-corrected chi connectivity index (χ2v) is 4.98. The molecule has 0 amide bonds. The van der Waals surface area contributed by atoms with Gasteiger partial charge in [-0.25, -0.2) is 9.97 Å². The van der Waals surface area contributed by atoms with E-state index in [1.165, 1.54) is 0 Å². The molecule has 5 nitrogen and oxygen atoms in total. The smallest absolute Gasteiger partial charge is 0.226 e. The number of furan rings is 1. The number of rotatable bonds is 5. The molecule has 1 aliphatic carbocycles. The van der Waals surface area contributed by atoms with Gasteiger partial charge in [0.25, 0.3) is 0 Å². The number of hydrogen-bond donors (Lipinski definition) is 1. The Balaban J connectivity index is 1.87. The van der Waals surface area contributed by atoms with Crippen molar-refractivity contribution in [3.63, 3.8) is 0 Å². The van der Waals surface area contributed by atoms with Crippen LogP contribution in [0.25, 0.3) is 0 Å². The Morgan fingerprint density at radius 3 is 2.95 bits per heavy atom. The van der Waals surface area contributed by atoms with Gasteiger partial charge in [0.2, 0.25) is 5.95 Å². The average molecular weight is 274 g/mol. The maximum atomic E-state index is 5.61. The van der Waals surface area contributed by atoms with Crippen molar-refractivity contribution in [1.29, 1.82) is 0 Å². The van der Waals surface area contributed by atoms with Crippen LogP contribution in [0.2, 0.25) is 0 Å². The molecule has 2 aromatic heterocycles. The lowest BCUT2D eigenvalue weighted by atomic mass is 10.3. The van der Waals surface area contributed by atoms with Gasteiger partial charge < -0.3 is 15.1 Å². The minimum Gasteiger partial charge on any atom is -0.467 e. The normalized spacial score (nSPS) is 14.3. The summed E-state index contributed by atoms with van der Waals surface area (Å²) in [7, 11) is 0. The lowest BCUT2D eigenvalue weighted by molar-refractivity contribution is 0.499. The van der Waals surface area contributed by atoms with Crippen LogP contribution in [-0.2, 0) is 6.54 Å². The number of thiocarbonyl (C=S) groups is 1. The Labute approximate surface area is 116 Å². The van der Waals surface area contributed by atoms with Crippen molar-refractivity contribution in [2.45, 2.75) is 25.4 Å². The molecule has 0 bridgehead atoms. The molecule has 1 aliphatic rings. The average Bonchev–Trinajstić information content (AvgIpc) is 3.13. The predicted octanol–water partition coefficient (Wildman–Crippen LogP) is 1.87. The molecule has 0 spiro atoms.